The zero-order chi connectivity index (χ0) is 15.6. The van der Waals surface area contributed by atoms with Gasteiger partial charge in [0.25, 0.3) is 0 Å². The molecule has 0 saturated carbocycles. The average Bonchev–Trinajstić information content (AvgIpc) is 2.38. The Labute approximate surface area is 137 Å². The fourth-order valence-electron chi connectivity index (χ4n) is 1.62. The van der Waals surface area contributed by atoms with Gasteiger partial charge < -0.3 is 4.74 Å². The first-order chi connectivity index (χ1) is 9.77. The van der Waals surface area contributed by atoms with Crippen molar-refractivity contribution in [1.29, 1.82) is 0 Å². The van der Waals surface area contributed by atoms with Crippen LogP contribution < -0.4 is 9.88 Å². The Hall–Kier alpha value is -0.980. The molecule has 0 saturated heterocycles. The van der Waals surface area contributed by atoms with Crippen molar-refractivity contribution in [2.45, 2.75) is 11.5 Å². The summed E-state index contributed by atoms with van der Waals surface area (Å²) in [6.45, 7) is 0.0696. The zero-order valence-corrected chi connectivity index (χ0v) is 13.6. The number of sulfonamides is 1. The Balaban J connectivity index is 2.28. The number of ether oxygens (including phenoxy) is 1. The Morgan fingerprint density at radius 1 is 1.00 bits per heavy atom. The molecule has 2 aromatic carbocycles. The number of benzene rings is 2. The molecule has 4 nitrogen and oxygen atoms in total. The van der Waals surface area contributed by atoms with Gasteiger partial charge in [0.1, 0.15) is 17.3 Å². The van der Waals surface area contributed by atoms with Crippen LogP contribution in [0, 0.1) is 0 Å². The van der Waals surface area contributed by atoms with Gasteiger partial charge in [0.05, 0.1) is 0 Å². The quantitative estimate of drug-likeness (QED) is 0.893. The van der Waals surface area contributed by atoms with Crippen LogP contribution in [0.3, 0.4) is 0 Å². The highest BCUT2D eigenvalue weighted by molar-refractivity contribution is 7.89. The largest absolute Gasteiger partial charge is 0.487 e. The van der Waals surface area contributed by atoms with Gasteiger partial charge in [0.2, 0.25) is 10.0 Å². The Morgan fingerprint density at radius 2 is 1.62 bits per heavy atom. The van der Waals surface area contributed by atoms with E-state index in [9.17, 15) is 8.42 Å². The number of rotatable bonds is 4. The average molecular weight is 367 g/mol. The van der Waals surface area contributed by atoms with E-state index in [0.29, 0.717) is 15.6 Å². The number of nitrogens with two attached hydrogens (primary N) is 1. The molecule has 8 heteroatoms. The SMILES string of the molecule is NS(=O)(=O)c1cc(Cl)ccc1OCc1ccc(Cl)cc1Cl. The van der Waals surface area contributed by atoms with E-state index >= 15 is 0 Å². The fourth-order valence-corrected chi connectivity index (χ4v) is 3.02. The first kappa shape index (κ1) is 16.4. The minimum atomic E-state index is -3.94. The Morgan fingerprint density at radius 3 is 2.24 bits per heavy atom. The molecular formula is C13H10Cl3NO3S. The maximum Gasteiger partial charge on any atom is 0.241 e. The number of primary sulfonamides is 1. The molecule has 0 radical (unpaired) electrons. The number of hydrogen-bond acceptors (Lipinski definition) is 3. The molecule has 112 valence electrons. The molecule has 0 heterocycles. The van der Waals surface area contributed by atoms with Gasteiger partial charge in [0.15, 0.2) is 0 Å². The van der Waals surface area contributed by atoms with Crippen LogP contribution in [0.2, 0.25) is 15.1 Å². The molecule has 2 aromatic rings. The molecule has 0 atom stereocenters. The van der Waals surface area contributed by atoms with Crippen LogP contribution in [0.5, 0.6) is 5.75 Å². The summed E-state index contributed by atoms with van der Waals surface area (Å²) in [7, 11) is -3.94. The molecule has 0 fully saturated rings. The summed E-state index contributed by atoms with van der Waals surface area (Å²) in [5.74, 6) is 0.105. The van der Waals surface area contributed by atoms with Gasteiger partial charge in [-0.2, -0.15) is 0 Å². The molecule has 0 aromatic heterocycles. The van der Waals surface area contributed by atoms with E-state index in [-0.39, 0.29) is 22.3 Å². The third-order valence-corrected chi connectivity index (χ3v) is 4.36. The minimum Gasteiger partial charge on any atom is -0.487 e. The van der Waals surface area contributed by atoms with Crippen LogP contribution in [0.1, 0.15) is 5.56 Å². The molecule has 0 aliphatic rings. The first-order valence-corrected chi connectivity index (χ1v) is 8.34. The molecule has 0 amide bonds. The van der Waals surface area contributed by atoms with Crippen molar-refractivity contribution in [3.8, 4) is 5.75 Å². The third kappa shape index (κ3) is 4.25. The summed E-state index contributed by atoms with van der Waals surface area (Å²) in [5, 5.41) is 6.31. The van der Waals surface area contributed by atoms with Gasteiger partial charge in [0, 0.05) is 20.6 Å². The van der Waals surface area contributed by atoms with Gasteiger partial charge in [-0.1, -0.05) is 40.9 Å². The predicted octanol–water partition coefficient (Wildman–Crippen LogP) is 3.87. The van der Waals surface area contributed by atoms with Crippen molar-refractivity contribution in [3.63, 3.8) is 0 Å². The van der Waals surface area contributed by atoms with Gasteiger partial charge in [-0.25, -0.2) is 13.6 Å². The van der Waals surface area contributed by atoms with Crippen LogP contribution in [-0.2, 0) is 16.6 Å². The predicted molar refractivity (Wildman–Crippen MR) is 83.6 cm³/mol. The monoisotopic (exact) mass is 365 g/mol. The van der Waals surface area contributed by atoms with Gasteiger partial charge in [-0.05, 0) is 30.3 Å². The van der Waals surface area contributed by atoms with Crippen LogP contribution in [0.15, 0.2) is 41.3 Å². The smallest absolute Gasteiger partial charge is 0.241 e. The highest BCUT2D eigenvalue weighted by Gasteiger charge is 2.16. The van der Waals surface area contributed by atoms with E-state index in [2.05, 4.69) is 0 Å². The molecule has 0 aliphatic heterocycles. The van der Waals surface area contributed by atoms with Crippen LogP contribution in [0.4, 0.5) is 0 Å². The third-order valence-electron chi connectivity index (χ3n) is 2.61. The molecule has 0 unspecified atom stereocenters. The van der Waals surface area contributed by atoms with E-state index in [0.717, 1.165) is 0 Å². The lowest BCUT2D eigenvalue weighted by molar-refractivity contribution is 0.298. The van der Waals surface area contributed by atoms with Crippen molar-refractivity contribution >= 4 is 44.8 Å². The zero-order valence-electron chi connectivity index (χ0n) is 10.5. The standard InChI is InChI=1S/C13H10Cl3NO3S/c14-9-2-1-8(11(16)5-9)7-20-12-4-3-10(15)6-13(12)21(17,18)19/h1-6H,7H2,(H2,17,18,19). The fraction of sp³-hybridized carbons (Fsp3) is 0.0769. The Bertz CT molecular complexity index is 778. The van der Waals surface area contributed by atoms with E-state index < -0.39 is 10.0 Å². The summed E-state index contributed by atoms with van der Waals surface area (Å²) in [4.78, 5) is -0.180. The summed E-state index contributed by atoms with van der Waals surface area (Å²) < 4.78 is 28.5. The van der Waals surface area contributed by atoms with Crippen LogP contribution >= 0.6 is 34.8 Å². The second-order valence-corrected chi connectivity index (χ2v) is 6.97. The van der Waals surface area contributed by atoms with Crippen molar-refractivity contribution in [2.75, 3.05) is 0 Å². The molecule has 0 aliphatic carbocycles. The van der Waals surface area contributed by atoms with Crippen molar-refractivity contribution in [3.05, 3.63) is 57.0 Å². The number of halogens is 3. The number of hydrogen-bond donors (Lipinski definition) is 1. The lowest BCUT2D eigenvalue weighted by Crippen LogP contribution is -2.14. The van der Waals surface area contributed by atoms with Gasteiger partial charge >= 0.3 is 0 Å². The summed E-state index contributed by atoms with van der Waals surface area (Å²) in [5.41, 5.74) is 0.663. The molecule has 2 rings (SSSR count). The summed E-state index contributed by atoms with van der Waals surface area (Å²) in [6.07, 6.45) is 0. The van der Waals surface area contributed by atoms with E-state index in [4.69, 9.17) is 44.7 Å². The first-order valence-electron chi connectivity index (χ1n) is 5.66. The summed E-state index contributed by atoms with van der Waals surface area (Å²) >= 11 is 17.6. The summed E-state index contributed by atoms with van der Waals surface area (Å²) in [6, 6.07) is 9.10. The van der Waals surface area contributed by atoms with Crippen molar-refractivity contribution in [2.24, 2.45) is 5.14 Å². The van der Waals surface area contributed by atoms with E-state index in [1.807, 2.05) is 0 Å². The highest BCUT2D eigenvalue weighted by Crippen LogP contribution is 2.28. The maximum absolute atomic E-state index is 11.5. The van der Waals surface area contributed by atoms with Crippen molar-refractivity contribution in [1.82, 2.24) is 0 Å². The normalized spacial score (nSPS) is 11.4. The van der Waals surface area contributed by atoms with Crippen LogP contribution in [0.25, 0.3) is 0 Å². The Kier molecular flexibility index (Phi) is 5.01. The molecule has 0 spiro atoms. The maximum atomic E-state index is 11.5. The van der Waals surface area contributed by atoms with Gasteiger partial charge in [-0.15, -0.1) is 0 Å². The molecule has 0 bridgehead atoms. The van der Waals surface area contributed by atoms with E-state index in [1.54, 1.807) is 18.2 Å². The second-order valence-electron chi connectivity index (χ2n) is 4.16. The van der Waals surface area contributed by atoms with E-state index in [1.165, 1.54) is 18.2 Å². The topological polar surface area (TPSA) is 69.4 Å². The van der Waals surface area contributed by atoms with Gasteiger partial charge in [-0.3, -0.25) is 0 Å². The second kappa shape index (κ2) is 6.42. The lowest BCUT2D eigenvalue weighted by Gasteiger charge is -2.11. The molecular weight excluding hydrogens is 357 g/mol. The van der Waals surface area contributed by atoms with Crippen molar-refractivity contribution < 1.29 is 13.2 Å². The van der Waals surface area contributed by atoms with Crippen LogP contribution in [-0.4, -0.2) is 8.42 Å². The molecule has 21 heavy (non-hydrogen) atoms. The minimum absolute atomic E-state index is 0.0696. The highest BCUT2D eigenvalue weighted by atomic mass is 35.5. The molecule has 2 N–H and O–H groups in total. The lowest BCUT2D eigenvalue weighted by atomic mass is 10.2.